The highest BCUT2D eigenvalue weighted by Gasteiger charge is 2.59. The lowest BCUT2D eigenvalue weighted by Crippen LogP contribution is -2.28. The number of ether oxygens (including phenoxy) is 2. The summed E-state index contributed by atoms with van der Waals surface area (Å²) in [6.45, 7) is 3.46. The largest absolute Gasteiger partial charge is 0.476 e. The first kappa shape index (κ1) is 20.9. The first-order valence-electron chi connectivity index (χ1n) is 9.74. The third-order valence-electron chi connectivity index (χ3n) is 5.70. The van der Waals surface area contributed by atoms with Crippen LogP contribution in [0.3, 0.4) is 0 Å². The molecule has 9 heteroatoms. The van der Waals surface area contributed by atoms with Crippen molar-refractivity contribution < 1.29 is 23.9 Å². The zero-order valence-electron chi connectivity index (χ0n) is 16.4. The molecule has 2 fully saturated rings. The number of rotatable bonds is 6. The lowest BCUT2D eigenvalue weighted by molar-refractivity contribution is -0.150. The Morgan fingerprint density at radius 3 is 2.30 bits per heavy atom. The molecule has 158 valence electrons. The number of esters is 1. The molecular weight excluding hydrogens is 431 g/mol. The molecule has 2 bridgehead atoms. The van der Waals surface area contributed by atoms with E-state index in [0.29, 0.717) is 5.56 Å². The molecule has 7 nitrogen and oxygen atoms in total. The minimum atomic E-state index is -0.886. The SMILES string of the molecule is CCOC(=O)[C@@H](C)Oc1c(Cl)cc(C=NN2C(=O)[C@@H]3[C@H](C2=O)[C@H]2C=C[C@H]3C2)cc1Cl. The molecule has 0 aromatic heterocycles. The fraction of sp³-hybridized carbons (Fsp3) is 0.429. The molecule has 0 unspecified atom stereocenters. The van der Waals surface area contributed by atoms with Crippen molar-refractivity contribution in [3.8, 4) is 5.75 Å². The minimum Gasteiger partial charge on any atom is -0.476 e. The molecule has 0 N–H and O–H groups in total. The standard InChI is InChI=1S/C21H20Cl2N2O5/c1-3-29-21(28)10(2)30-18-14(22)6-11(7-15(18)23)9-24-25-19(26)16-12-4-5-13(8-12)17(16)20(25)27/h4-7,9-10,12-13,16-17H,3,8H2,1-2H3/t10-,12+,13+,16-,17+/m1/s1. The van der Waals surface area contributed by atoms with Crippen molar-refractivity contribution in [1.29, 1.82) is 0 Å². The number of fused-ring (bicyclic) bond motifs is 5. The zero-order chi connectivity index (χ0) is 21.6. The first-order chi connectivity index (χ1) is 14.3. The molecule has 1 aromatic carbocycles. The fourth-order valence-corrected chi connectivity index (χ4v) is 4.97. The number of hydrogen-bond acceptors (Lipinski definition) is 6. The van der Waals surface area contributed by atoms with Crippen LogP contribution in [0.1, 0.15) is 25.8 Å². The Morgan fingerprint density at radius 1 is 1.20 bits per heavy atom. The van der Waals surface area contributed by atoms with Gasteiger partial charge in [-0.15, -0.1) is 0 Å². The van der Waals surface area contributed by atoms with E-state index in [-0.39, 0.29) is 57.9 Å². The molecule has 0 spiro atoms. The average Bonchev–Trinajstić information content (AvgIpc) is 3.37. The summed E-state index contributed by atoms with van der Waals surface area (Å²) < 4.78 is 10.4. The molecule has 3 aliphatic rings. The van der Waals surface area contributed by atoms with Crippen LogP contribution in [0.5, 0.6) is 5.75 Å². The van der Waals surface area contributed by atoms with Crippen molar-refractivity contribution in [2.45, 2.75) is 26.4 Å². The molecule has 1 saturated carbocycles. The third kappa shape index (κ3) is 3.50. The summed E-state index contributed by atoms with van der Waals surface area (Å²) in [5.74, 6) is -1.29. The van der Waals surface area contributed by atoms with Gasteiger partial charge in [-0.2, -0.15) is 10.1 Å². The van der Waals surface area contributed by atoms with Gasteiger partial charge in [0.1, 0.15) is 0 Å². The number of halogens is 2. The highest BCUT2D eigenvalue weighted by molar-refractivity contribution is 6.37. The van der Waals surface area contributed by atoms with Crippen LogP contribution in [-0.4, -0.2) is 41.7 Å². The van der Waals surface area contributed by atoms with Crippen LogP contribution < -0.4 is 4.74 Å². The highest BCUT2D eigenvalue weighted by Crippen LogP contribution is 2.52. The van der Waals surface area contributed by atoms with Gasteiger partial charge in [-0.25, -0.2) is 4.79 Å². The van der Waals surface area contributed by atoms with Gasteiger partial charge in [0.05, 0.1) is 34.7 Å². The van der Waals surface area contributed by atoms with Gasteiger partial charge in [0.15, 0.2) is 11.9 Å². The van der Waals surface area contributed by atoms with Gasteiger partial charge in [0.2, 0.25) is 0 Å². The van der Waals surface area contributed by atoms with Crippen molar-refractivity contribution in [3.05, 3.63) is 39.9 Å². The van der Waals surface area contributed by atoms with Gasteiger partial charge >= 0.3 is 5.97 Å². The molecule has 1 aliphatic heterocycles. The molecule has 0 radical (unpaired) electrons. The van der Waals surface area contributed by atoms with Crippen LogP contribution in [-0.2, 0) is 19.1 Å². The maximum Gasteiger partial charge on any atom is 0.347 e. The summed E-state index contributed by atoms with van der Waals surface area (Å²) in [5, 5.41) is 5.39. The smallest absolute Gasteiger partial charge is 0.347 e. The van der Waals surface area contributed by atoms with Crippen molar-refractivity contribution in [2.75, 3.05) is 6.61 Å². The molecule has 2 amide bonds. The van der Waals surface area contributed by atoms with E-state index in [1.165, 1.54) is 25.3 Å². The summed E-state index contributed by atoms with van der Waals surface area (Å²) in [6.07, 6.45) is 5.39. The van der Waals surface area contributed by atoms with Crippen molar-refractivity contribution in [1.82, 2.24) is 5.01 Å². The lowest BCUT2D eigenvalue weighted by atomic mass is 9.85. The van der Waals surface area contributed by atoms with E-state index in [4.69, 9.17) is 32.7 Å². The number of benzene rings is 1. The maximum atomic E-state index is 12.7. The van der Waals surface area contributed by atoms with E-state index in [0.717, 1.165) is 11.4 Å². The van der Waals surface area contributed by atoms with E-state index in [2.05, 4.69) is 5.10 Å². The molecule has 2 aliphatic carbocycles. The molecular formula is C21H20Cl2N2O5. The molecule has 5 atom stereocenters. The fourth-order valence-electron chi connectivity index (χ4n) is 4.38. The summed E-state index contributed by atoms with van der Waals surface area (Å²) in [6, 6.07) is 3.06. The minimum absolute atomic E-state index is 0.123. The molecule has 1 aromatic rings. The van der Waals surface area contributed by atoms with E-state index in [1.54, 1.807) is 6.92 Å². The second kappa shape index (κ2) is 8.04. The van der Waals surface area contributed by atoms with E-state index in [1.807, 2.05) is 12.2 Å². The summed E-state index contributed by atoms with van der Waals surface area (Å²) in [4.78, 5) is 37.1. The van der Waals surface area contributed by atoms with Crippen LogP contribution in [0.2, 0.25) is 10.0 Å². The number of imide groups is 1. The Hall–Kier alpha value is -2.38. The second-order valence-corrected chi connectivity index (χ2v) is 8.37. The van der Waals surface area contributed by atoms with E-state index in [9.17, 15) is 14.4 Å². The molecule has 1 saturated heterocycles. The van der Waals surface area contributed by atoms with Crippen LogP contribution >= 0.6 is 23.2 Å². The topological polar surface area (TPSA) is 85.3 Å². The quantitative estimate of drug-likeness (QED) is 0.286. The Labute approximate surface area is 183 Å². The normalized spacial score (nSPS) is 27.8. The van der Waals surface area contributed by atoms with Crippen LogP contribution in [0.25, 0.3) is 0 Å². The number of carbonyl (C=O) groups excluding carboxylic acids is 3. The Morgan fingerprint density at radius 2 is 1.77 bits per heavy atom. The number of carbonyl (C=O) groups is 3. The molecule has 4 rings (SSSR count). The number of amides is 2. The van der Waals surface area contributed by atoms with E-state index < -0.39 is 12.1 Å². The third-order valence-corrected chi connectivity index (χ3v) is 6.26. The maximum absolute atomic E-state index is 12.7. The van der Waals surface area contributed by atoms with Crippen LogP contribution in [0.15, 0.2) is 29.4 Å². The molecule has 30 heavy (non-hydrogen) atoms. The first-order valence-corrected chi connectivity index (χ1v) is 10.5. The van der Waals surface area contributed by atoms with Gasteiger partial charge in [0.25, 0.3) is 11.8 Å². The van der Waals surface area contributed by atoms with E-state index >= 15 is 0 Å². The zero-order valence-corrected chi connectivity index (χ0v) is 17.9. The number of allylic oxidation sites excluding steroid dienone is 2. The second-order valence-electron chi connectivity index (χ2n) is 7.56. The van der Waals surface area contributed by atoms with Gasteiger partial charge in [0, 0.05) is 0 Å². The number of hydrazone groups is 1. The summed E-state index contributed by atoms with van der Waals surface area (Å²) in [5.41, 5.74) is 0.486. The van der Waals surface area contributed by atoms with Crippen LogP contribution in [0.4, 0.5) is 0 Å². The monoisotopic (exact) mass is 450 g/mol. The Bertz CT molecular complexity index is 923. The Kier molecular flexibility index (Phi) is 5.59. The van der Waals surface area contributed by atoms with Crippen molar-refractivity contribution in [3.63, 3.8) is 0 Å². The van der Waals surface area contributed by atoms with Gasteiger partial charge in [-0.1, -0.05) is 35.4 Å². The average molecular weight is 451 g/mol. The number of hydrogen-bond donors (Lipinski definition) is 0. The Balaban J connectivity index is 1.49. The molecule has 1 heterocycles. The number of nitrogens with zero attached hydrogens (tertiary/aromatic N) is 2. The predicted octanol–water partition coefficient (Wildman–Crippen LogP) is 3.46. The predicted molar refractivity (Wildman–Crippen MR) is 110 cm³/mol. The van der Waals surface area contributed by atoms with Gasteiger partial charge in [-0.3, -0.25) is 9.59 Å². The lowest BCUT2D eigenvalue weighted by Gasteiger charge is -2.16. The van der Waals surface area contributed by atoms with Crippen molar-refractivity contribution in [2.24, 2.45) is 28.8 Å². The van der Waals surface area contributed by atoms with Crippen molar-refractivity contribution >= 4 is 47.2 Å². The van der Waals surface area contributed by atoms with Gasteiger partial charge < -0.3 is 9.47 Å². The summed E-state index contributed by atoms with van der Waals surface area (Å²) in [7, 11) is 0. The van der Waals surface area contributed by atoms with Crippen LogP contribution in [0, 0.1) is 23.7 Å². The highest BCUT2D eigenvalue weighted by atomic mass is 35.5. The van der Waals surface area contributed by atoms with Gasteiger partial charge in [-0.05, 0) is 49.8 Å². The summed E-state index contributed by atoms with van der Waals surface area (Å²) >= 11 is 12.5.